The van der Waals surface area contributed by atoms with E-state index >= 15 is 0 Å². The van der Waals surface area contributed by atoms with Crippen molar-refractivity contribution in [3.63, 3.8) is 0 Å². The van der Waals surface area contributed by atoms with E-state index in [2.05, 4.69) is 0 Å². The molecule has 13 N–H and O–H groups in total. The van der Waals surface area contributed by atoms with E-state index < -0.39 is 30.0 Å². The highest BCUT2D eigenvalue weighted by atomic mass is 16.4. The Morgan fingerprint density at radius 1 is 0.818 bits per heavy atom. The second kappa shape index (κ2) is 17.3. The van der Waals surface area contributed by atoms with E-state index in [0.29, 0.717) is 13.0 Å². The highest BCUT2D eigenvalue weighted by molar-refractivity contribution is 5.74. The number of rotatable bonds is 9. The van der Waals surface area contributed by atoms with Gasteiger partial charge in [0.05, 0.1) is 0 Å². The largest absolute Gasteiger partial charge is 0.481 e. The van der Waals surface area contributed by atoms with Gasteiger partial charge in [0.25, 0.3) is 0 Å². The van der Waals surface area contributed by atoms with Crippen LogP contribution in [0.2, 0.25) is 0 Å². The van der Waals surface area contributed by atoms with E-state index in [-0.39, 0.29) is 23.8 Å². The fourth-order valence-corrected chi connectivity index (χ4v) is 1.03. The molecule has 22 heavy (non-hydrogen) atoms. The van der Waals surface area contributed by atoms with Crippen molar-refractivity contribution in [2.24, 2.45) is 17.2 Å². The van der Waals surface area contributed by atoms with Crippen LogP contribution in [0.15, 0.2) is 0 Å². The fourth-order valence-electron chi connectivity index (χ4n) is 1.03. The Morgan fingerprint density at radius 3 is 1.55 bits per heavy atom. The third-order valence-corrected chi connectivity index (χ3v) is 2.27. The normalized spacial score (nSPS) is 11.6. The van der Waals surface area contributed by atoms with Crippen LogP contribution >= 0.6 is 0 Å². The molecule has 0 heterocycles. The number of carbonyl (C=O) groups is 3. The molecule has 2 unspecified atom stereocenters. The van der Waals surface area contributed by atoms with Crippen molar-refractivity contribution in [3.05, 3.63) is 0 Å². The third kappa shape index (κ3) is 20.5. The Labute approximate surface area is 127 Å². The van der Waals surface area contributed by atoms with Crippen LogP contribution in [0.5, 0.6) is 0 Å². The van der Waals surface area contributed by atoms with Crippen LogP contribution in [0.1, 0.15) is 32.1 Å². The molecular formula is C11H27N3O8. The second-order valence-corrected chi connectivity index (χ2v) is 4.11. The molecule has 11 heteroatoms. The van der Waals surface area contributed by atoms with E-state index in [0.717, 1.165) is 12.8 Å². The SMILES string of the molecule is NC(CCC(=O)O)C(=O)O.NCCCCC(N)C(=O)O.O.O. The standard InChI is InChI=1S/C6H14N2O2.C5H9NO4.2H2O/c7-4-2-1-3-5(8)6(9)10;6-3(5(9)10)1-2-4(7)8;;/h5H,1-4,7-8H2,(H,9,10);3H,1-2,6H2,(H,7,8)(H,9,10);2*1H2. The Morgan fingerprint density at radius 2 is 1.23 bits per heavy atom. The average molecular weight is 329 g/mol. The summed E-state index contributed by atoms with van der Waals surface area (Å²) in [6, 6.07) is -1.78. The summed E-state index contributed by atoms with van der Waals surface area (Å²) in [6.07, 6.45) is 1.94. The zero-order chi connectivity index (χ0) is 16.1. The van der Waals surface area contributed by atoms with E-state index in [4.69, 9.17) is 32.5 Å². The van der Waals surface area contributed by atoms with Crippen molar-refractivity contribution in [2.75, 3.05) is 6.54 Å². The molecule has 0 aliphatic carbocycles. The molecular weight excluding hydrogens is 302 g/mol. The first-order valence-electron chi connectivity index (χ1n) is 6.11. The molecule has 0 rings (SSSR count). The molecule has 134 valence electrons. The molecule has 2 atom stereocenters. The van der Waals surface area contributed by atoms with Crippen molar-refractivity contribution in [1.29, 1.82) is 0 Å². The van der Waals surface area contributed by atoms with Crippen molar-refractivity contribution < 1.29 is 40.7 Å². The van der Waals surface area contributed by atoms with Gasteiger partial charge in [0, 0.05) is 6.42 Å². The summed E-state index contributed by atoms with van der Waals surface area (Å²) < 4.78 is 0. The molecule has 0 aliphatic rings. The molecule has 0 amide bonds. The first-order chi connectivity index (χ1) is 9.22. The number of nitrogens with two attached hydrogens (primary N) is 3. The highest BCUT2D eigenvalue weighted by Gasteiger charge is 2.12. The minimum atomic E-state index is -1.17. The van der Waals surface area contributed by atoms with Crippen LogP contribution in [-0.4, -0.2) is 62.8 Å². The number of unbranched alkanes of at least 4 members (excludes halogenated alkanes) is 1. The summed E-state index contributed by atoms with van der Waals surface area (Å²) >= 11 is 0. The summed E-state index contributed by atoms with van der Waals surface area (Å²) in [5.41, 5.74) is 15.4. The van der Waals surface area contributed by atoms with E-state index in [1.54, 1.807) is 0 Å². The highest BCUT2D eigenvalue weighted by Crippen LogP contribution is 1.97. The van der Waals surface area contributed by atoms with E-state index in [9.17, 15) is 14.4 Å². The average Bonchev–Trinajstić information content (AvgIpc) is 2.36. The summed E-state index contributed by atoms with van der Waals surface area (Å²) in [5, 5.41) is 24.6. The molecule has 0 aromatic rings. The van der Waals surface area contributed by atoms with Crippen LogP contribution in [0, 0.1) is 0 Å². The molecule has 0 aromatic heterocycles. The zero-order valence-corrected chi connectivity index (χ0v) is 12.2. The first-order valence-corrected chi connectivity index (χ1v) is 6.11. The summed E-state index contributed by atoms with van der Waals surface area (Å²) in [6.45, 7) is 0.604. The fraction of sp³-hybridized carbons (Fsp3) is 0.727. The van der Waals surface area contributed by atoms with Gasteiger partial charge in [0.15, 0.2) is 0 Å². The van der Waals surface area contributed by atoms with Gasteiger partial charge in [-0.2, -0.15) is 0 Å². The van der Waals surface area contributed by atoms with Gasteiger partial charge < -0.3 is 43.5 Å². The molecule has 0 saturated heterocycles. The maximum atomic E-state index is 10.1. The maximum absolute atomic E-state index is 10.1. The van der Waals surface area contributed by atoms with Crippen LogP contribution < -0.4 is 17.2 Å². The maximum Gasteiger partial charge on any atom is 0.320 e. The number of hydrogen-bond donors (Lipinski definition) is 6. The van der Waals surface area contributed by atoms with Gasteiger partial charge in [-0.15, -0.1) is 0 Å². The van der Waals surface area contributed by atoms with Crippen LogP contribution in [0.3, 0.4) is 0 Å². The molecule has 0 aliphatic heterocycles. The van der Waals surface area contributed by atoms with Crippen molar-refractivity contribution in [2.45, 2.75) is 44.2 Å². The monoisotopic (exact) mass is 329 g/mol. The Bertz CT molecular complexity index is 314. The molecule has 0 radical (unpaired) electrons. The molecule has 0 fully saturated rings. The number of aliphatic carboxylic acids is 3. The van der Waals surface area contributed by atoms with Gasteiger partial charge in [-0.25, -0.2) is 0 Å². The smallest absolute Gasteiger partial charge is 0.320 e. The summed E-state index contributed by atoms with van der Waals surface area (Å²) in [7, 11) is 0. The lowest BCUT2D eigenvalue weighted by atomic mass is 10.1. The Balaban J connectivity index is -0.000000135. The number of carboxylic acid groups (broad SMARTS) is 3. The minimum Gasteiger partial charge on any atom is -0.481 e. The van der Waals surface area contributed by atoms with Crippen LogP contribution in [-0.2, 0) is 14.4 Å². The van der Waals surface area contributed by atoms with E-state index in [1.807, 2.05) is 0 Å². The molecule has 0 aromatic carbocycles. The van der Waals surface area contributed by atoms with Gasteiger partial charge in [-0.1, -0.05) is 6.42 Å². The Hall–Kier alpha value is -1.79. The molecule has 0 saturated carbocycles. The Kier molecular flexibility index (Phi) is 22.3. The molecule has 0 bridgehead atoms. The van der Waals surface area contributed by atoms with E-state index in [1.165, 1.54) is 0 Å². The minimum absolute atomic E-state index is 0. The summed E-state index contributed by atoms with van der Waals surface area (Å²) in [5.74, 6) is -3.13. The lowest BCUT2D eigenvalue weighted by Crippen LogP contribution is -2.30. The topological polar surface area (TPSA) is 253 Å². The third-order valence-electron chi connectivity index (χ3n) is 2.27. The zero-order valence-electron chi connectivity index (χ0n) is 12.2. The molecule has 11 nitrogen and oxygen atoms in total. The first kappa shape index (κ1) is 28.4. The van der Waals surface area contributed by atoms with Gasteiger partial charge >= 0.3 is 17.9 Å². The van der Waals surface area contributed by atoms with Crippen molar-refractivity contribution >= 4 is 17.9 Å². The van der Waals surface area contributed by atoms with Crippen molar-refractivity contribution in [1.82, 2.24) is 0 Å². The van der Waals surface area contributed by atoms with Gasteiger partial charge in [-0.05, 0) is 25.8 Å². The van der Waals surface area contributed by atoms with Gasteiger partial charge in [0.1, 0.15) is 12.1 Å². The second-order valence-electron chi connectivity index (χ2n) is 4.11. The molecule has 0 spiro atoms. The lowest BCUT2D eigenvalue weighted by Gasteiger charge is -2.03. The van der Waals surface area contributed by atoms with Gasteiger partial charge in [0.2, 0.25) is 0 Å². The van der Waals surface area contributed by atoms with Crippen LogP contribution in [0.25, 0.3) is 0 Å². The van der Waals surface area contributed by atoms with Crippen molar-refractivity contribution in [3.8, 4) is 0 Å². The number of hydrogen-bond acceptors (Lipinski definition) is 6. The number of carboxylic acids is 3. The van der Waals surface area contributed by atoms with Gasteiger partial charge in [-0.3, -0.25) is 14.4 Å². The predicted molar refractivity (Wildman–Crippen MR) is 78.2 cm³/mol. The summed E-state index contributed by atoms with van der Waals surface area (Å²) in [4.78, 5) is 30.0. The predicted octanol–water partition coefficient (Wildman–Crippen LogP) is -2.86. The lowest BCUT2D eigenvalue weighted by molar-refractivity contribution is -0.140. The quantitative estimate of drug-likeness (QED) is 0.237. The van der Waals surface area contributed by atoms with Crippen LogP contribution in [0.4, 0.5) is 0 Å².